The number of methoxy groups -OCH3 is 1. The zero-order valence-corrected chi connectivity index (χ0v) is 9.91. The fourth-order valence-electron chi connectivity index (χ4n) is 1.36. The van der Waals surface area contributed by atoms with Crippen molar-refractivity contribution in [3.05, 3.63) is 0 Å². The van der Waals surface area contributed by atoms with Crippen LogP contribution < -0.4 is 0 Å². The largest absolute Gasteiger partial charge is 0.466 e. The maximum absolute atomic E-state index is 11.3. The second kappa shape index (κ2) is 7.40. The van der Waals surface area contributed by atoms with Gasteiger partial charge in [-0.1, -0.05) is 6.92 Å². The molecule has 15 heavy (non-hydrogen) atoms. The van der Waals surface area contributed by atoms with Crippen LogP contribution in [0.25, 0.3) is 0 Å². The monoisotopic (exact) mass is 216 g/mol. The third-order valence-corrected chi connectivity index (χ3v) is 2.27. The number of hydrogen-bond acceptors (Lipinski definition) is 4. The van der Waals surface area contributed by atoms with Gasteiger partial charge in [0.2, 0.25) is 0 Å². The summed E-state index contributed by atoms with van der Waals surface area (Å²) in [5, 5.41) is 0. The van der Waals surface area contributed by atoms with Crippen LogP contribution in [0.15, 0.2) is 0 Å². The predicted octanol–water partition coefficient (Wildman–Crippen LogP) is 1.43. The molecule has 4 heteroatoms. The van der Waals surface area contributed by atoms with Gasteiger partial charge in [-0.25, -0.2) is 0 Å². The van der Waals surface area contributed by atoms with Gasteiger partial charge in [0, 0.05) is 13.0 Å². The number of carbonyl (C=O) groups is 2. The van der Waals surface area contributed by atoms with Crippen LogP contribution in [0.4, 0.5) is 0 Å². The Morgan fingerprint density at radius 1 is 1.33 bits per heavy atom. The number of ketones is 1. The zero-order valence-electron chi connectivity index (χ0n) is 9.91. The molecule has 0 aliphatic heterocycles. The Balaban J connectivity index is 4.15. The zero-order chi connectivity index (χ0) is 11.8. The van der Waals surface area contributed by atoms with Gasteiger partial charge in [-0.15, -0.1) is 0 Å². The molecule has 0 aromatic heterocycles. The van der Waals surface area contributed by atoms with E-state index >= 15 is 0 Å². The highest BCUT2D eigenvalue weighted by atomic mass is 16.5. The maximum Gasteiger partial charge on any atom is 0.308 e. The molecule has 0 bridgehead atoms. The molecule has 2 atom stereocenters. The van der Waals surface area contributed by atoms with Crippen molar-refractivity contribution in [3.8, 4) is 0 Å². The van der Waals surface area contributed by atoms with Crippen LogP contribution in [-0.4, -0.2) is 32.1 Å². The van der Waals surface area contributed by atoms with Crippen molar-refractivity contribution < 1.29 is 19.1 Å². The standard InChI is InChI=1S/C11H20O4/c1-5-15-11(13)8(2)6-10(7-14-4)9(3)12/h8,10H,5-7H2,1-4H3. The first kappa shape index (κ1) is 14.1. The highest BCUT2D eigenvalue weighted by Crippen LogP contribution is 2.15. The lowest BCUT2D eigenvalue weighted by atomic mass is 9.93. The lowest BCUT2D eigenvalue weighted by molar-refractivity contribution is -0.148. The molecule has 0 spiro atoms. The summed E-state index contributed by atoms with van der Waals surface area (Å²) < 4.78 is 9.80. The lowest BCUT2D eigenvalue weighted by Gasteiger charge is -2.16. The Bertz CT molecular complexity index is 213. The lowest BCUT2D eigenvalue weighted by Crippen LogP contribution is -2.24. The summed E-state index contributed by atoms with van der Waals surface area (Å²) in [5.41, 5.74) is 0. The van der Waals surface area contributed by atoms with Gasteiger partial charge in [-0.05, 0) is 20.3 Å². The van der Waals surface area contributed by atoms with Crippen LogP contribution in [0, 0.1) is 11.8 Å². The number of ether oxygens (including phenoxy) is 2. The molecule has 0 saturated heterocycles. The summed E-state index contributed by atoms with van der Waals surface area (Å²) in [5.74, 6) is -0.670. The van der Waals surface area contributed by atoms with E-state index in [-0.39, 0.29) is 23.6 Å². The molecule has 88 valence electrons. The Morgan fingerprint density at radius 3 is 2.33 bits per heavy atom. The molecule has 0 aliphatic carbocycles. The maximum atomic E-state index is 11.3. The van der Waals surface area contributed by atoms with Crippen molar-refractivity contribution >= 4 is 11.8 Å². The fourth-order valence-corrected chi connectivity index (χ4v) is 1.36. The molecule has 0 saturated carbocycles. The summed E-state index contributed by atoms with van der Waals surface area (Å²) in [6.07, 6.45) is 0.488. The first-order chi connectivity index (χ1) is 7.02. The van der Waals surface area contributed by atoms with Crippen LogP contribution in [0.2, 0.25) is 0 Å². The van der Waals surface area contributed by atoms with Gasteiger partial charge in [0.1, 0.15) is 5.78 Å². The molecule has 2 unspecified atom stereocenters. The Labute approximate surface area is 90.9 Å². The van der Waals surface area contributed by atoms with Crippen molar-refractivity contribution in [2.24, 2.45) is 11.8 Å². The van der Waals surface area contributed by atoms with E-state index in [2.05, 4.69) is 0 Å². The fraction of sp³-hybridized carbons (Fsp3) is 0.818. The molecule has 0 fully saturated rings. The van der Waals surface area contributed by atoms with E-state index in [1.165, 1.54) is 6.92 Å². The summed E-state index contributed by atoms with van der Waals surface area (Å²) in [6, 6.07) is 0. The van der Waals surface area contributed by atoms with Gasteiger partial charge in [0.15, 0.2) is 0 Å². The smallest absolute Gasteiger partial charge is 0.308 e. The van der Waals surface area contributed by atoms with Crippen LogP contribution >= 0.6 is 0 Å². The molecular formula is C11H20O4. The molecule has 4 nitrogen and oxygen atoms in total. The van der Waals surface area contributed by atoms with Crippen molar-refractivity contribution in [1.29, 1.82) is 0 Å². The Morgan fingerprint density at radius 2 is 1.93 bits per heavy atom. The van der Waals surface area contributed by atoms with Crippen LogP contribution in [0.5, 0.6) is 0 Å². The average Bonchev–Trinajstić information content (AvgIpc) is 2.17. The van der Waals surface area contributed by atoms with Gasteiger partial charge in [-0.2, -0.15) is 0 Å². The van der Waals surface area contributed by atoms with Crippen molar-refractivity contribution in [3.63, 3.8) is 0 Å². The van der Waals surface area contributed by atoms with Crippen molar-refractivity contribution in [2.75, 3.05) is 20.3 Å². The minimum Gasteiger partial charge on any atom is -0.466 e. The number of hydrogen-bond donors (Lipinski definition) is 0. The van der Waals surface area contributed by atoms with E-state index < -0.39 is 0 Å². The molecule has 0 aliphatic rings. The molecular weight excluding hydrogens is 196 g/mol. The minimum atomic E-state index is -0.256. The molecule has 0 radical (unpaired) electrons. The Kier molecular flexibility index (Phi) is 6.96. The van der Waals surface area contributed by atoms with E-state index in [1.54, 1.807) is 21.0 Å². The summed E-state index contributed by atoms with van der Waals surface area (Å²) in [6.45, 7) is 5.78. The third-order valence-electron chi connectivity index (χ3n) is 2.27. The SMILES string of the molecule is CCOC(=O)C(C)CC(COC)C(C)=O. The quantitative estimate of drug-likeness (QED) is 0.604. The summed E-state index contributed by atoms with van der Waals surface area (Å²) in [7, 11) is 1.55. The summed E-state index contributed by atoms with van der Waals surface area (Å²) >= 11 is 0. The molecule has 0 aromatic rings. The van der Waals surface area contributed by atoms with Gasteiger partial charge < -0.3 is 9.47 Å². The van der Waals surface area contributed by atoms with Crippen LogP contribution in [-0.2, 0) is 19.1 Å². The van der Waals surface area contributed by atoms with Crippen LogP contribution in [0.3, 0.4) is 0 Å². The van der Waals surface area contributed by atoms with E-state index in [1.807, 2.05) is 0 Å². The van der Waals surface area contributed by atoms with E-state index in [4.69, 9.17) is 9.47 Å². The van der Waals surface area contributed by atoms with Crippen LogP contribution in [0.1, 0.15) is 27.2 Å². The predicted molar refractivity (Wildman–Crippen MR) is 56.5 cm³/mol. The first-order valence-corrected chi connectivity index (χ1v) is 5.18. The highest BCUT2D eigenvalue weighted by molar-refractivity contribution is 5.79. The average molecular weight is 216 g/mol. The molecule has 0 aromatic carbocycles. The van der Waals surface area contributed by atoms with E-state index in [0.29, 0.717) is 19.6 Å². The van der Waals surface area contributed by atoms with Gasteiger partial charge in [-0.3, -0.25) is 9.59 Å². The number of carbonyl (C=O) groups excluding carboxylic acids is 2. The number of esters is 1. The number of rotatable bonds is 7. The number of Topliss-reactive ketones (excluding diaryl/α,β-unsaturated/α-hetero) is 1. The third kappa shape index (κ3) is 5.52. The van der Waals surface area contributed by atoms with Gasteiger partial charge in [0.05, 0.1) is 19.1 Å². The minimum absolute atomic E-state index is 0.0491. The molecule has 0 N–H and O–H groups in total. The van der Waals surface area contributed by atoms with Crippen molar-refractivity contribution in [1.82, 2.24) is 0 Å². The summed E-state index contributed by atoms with van der Waals surface area (Å²) in [4.78, 5) is 22.5. The second-order valence-electron chi connectivity index (χ2n) is 3.65. The normalized spacial score (nSPS) is 14.4. The highest BCUT2D eigenvalue weighted by Gasteiger charge is 2.22. The van der Waals surface area contributed by atoms with Crippen molar-refractivity contribution in [2.45, 2.75) is 27.2 Å². The van der Waals surface area contributed by atoms with E-state index in [0.717, 1.165) is 0 Å². The topological polar surface area (TPSA) is 52.6 Å². The second-order valence-corrected chi connectivity index (χ2v) is 3.65. The van der Waals surface area contributed by atoms with E-state index in [9.17, 15) is 9.59 Å². The van der Waals surface area contributed by atoms with Gasteiger partial charge >= 0.3 is 5.97 Å². The first-order valence-electron chi connectivity index (χ1n) is 5.18. The molecule has 0 heterocycles. The molecule has 0 rings (SSSR count). The van der Waals surface area contributed by atoms with Gasteiger partial charge in [0.25, 0.3) is 0 Å². The molecule has 0 amide bonds. The Hall–Kier alpha value is -0.900.